The Kier molecular flexibility index (Phi) is 5.70. The number of hydrogen-bond donors (Lipinski definition) is 2. The van der Waals surface area contributed by atoms with Crippen molar-refractivity contribution in [3.8, 4) is 0 Å². The van der Waals surface area contributed by atoms with Gasteiger partial charge in [0.15, 0.2) is 0 Å². The van der Waals surface area contributed by atoms with E-state index >= 15 is 0 Å². The summed E-state index contributed by atoms with van der Waals surface area (Å²) in [5.41, 5.74) is 0. The number of anilines is 1. The van der Waals surface area contributed by atoms with E-state index in [4.69, 9.17) is 4.74 Å². The number of methoxy groups -OCH3 is 1. The quantitative estimate of drug-likeness (QED) is 0.630. The first-order valence-corrected chi connectivity index (χ1v) is 4.78. The summed E-state index contributed by atoms with van der Waals surface area (Å²) in [5.74, 6) is 0.918. The minimum absolute atomic E-state index is 0.754. The second-order valence-corrected chi connectivity index (χ2v) is 2.88. The number of aromatic nitrogens is 1. The van der Waals surface area contributed by atoms with E-state index in [1.54, 1.807) is 13.3 Å². The lowest BCUT2D eigenvalue weighted by Crippen LogP contribution is -2.25. The van der Waals surface area contributed by atoms with Gasteiger partial charge >= 0.3 is 0 Å². The zero-order chi connectivity index (χ0) is 10.1. The minimum atomic E-state index is 0.754. The number of nitrogens with one attached hydrogen (secondary N) is 2. The van der Waals surface area contributed by atoms with Crippen LogP contribution in [0.2, 0.25) is 0 Å². The Balaban J connectivity index is 1.99. The second-order valence-electron chi connectivity index (χ2n) is 2.88. The van der Waals surface area contributed by atoms with Crippen molar-refractivity contribution in [1.82, 2.24) is 10.3 Å². The van der Waals surface area contributed by atoms with Crippen LogP contribution in [-0.4, -0.2) is 38.3 Å². The summed E-state index contributed by atoms with van der Waals surface area (Å²) in [5, 5.41) is 6.45. The van der Waals surface area contributed by atoms with E-state index in [-0.39, 0.29) is 0 Å². The lowest BCUT2D eigenvalue weighted by molar-refractivity contribution is 0.200. The molecular formula is C10H17N3O. The Bertz CT molecular complexity index is 228. The zero-order valence-electron chi connectivity index (χ0n) is 8.49. The number of hydrogen-bond acceptors (Lipinski definition) is 4. The fourth-order valence-electron chi connectivity index (χ4n) is 1.05. The van der Waals surface area contributed by atoms with Gasteiger partial charge in [-0.15, -0.1) is 0 Å². The maximum absolute atomic E-state index is 4.91. The number of ether oxygens (including phenoxy) is 1. The van der Waals surface area contributed by atoms with Gasteiger partial charge in [0.2, 0.25) is 0 Å². The lowest BCUT2D eigenvalue weighted by Gasteiger charge is -2.06. The third-order valence-electron chi connectivity index (χ3n) is 1.76. The summed E-state index contributed by atoms with van der Waals surface area (Å²) in [7, 11) is 1.70. The van der Waals surface area contributed by atoms with Crippen LogP contribution in [0.25, 0.3) is 0 Å². The molecule has 4 heteroatoms. The van der Waals surface area contributed by atoms with Crippen LogP contribution in [0.15, 0.2) is 24.4 Å². The van der Waals surface area contributed by atoms with E-state index in [0.717, 1.165) is 32.1 Å². The molecule has 0 aromatic carbocycles. The topological polar surface area (TPSA) is 46.2 Å². The van der Waals surface area contributed by atoms with Gasteiger partial charge in [-0.2, -0.15) is 0 Å². The number of pyridine rings is 1. The highest BCUT2D eigenvalue weighted by Gasteiger charge is 1.89. The molecule has 1 aromatic heterocycles. The van der Waals surface area contributed by atoms with Crippen LogP contribution in [0.5, 0.6) is 0 Å². The van der Waals surface area contributed by atoms with Gasteiger partial charge in [0.05, 0.1) is 6.61 Å². The van der Waals surface area contributed by atoms with Crippen molar-refractivity contribution < 1.29 is 4.74 Å². The maximum atomic E-state index is 4.91. The highest BCUT2D eigenvalue weighted by molar-refractivity contribution is 5.32. The van der Waals surface area contributed by atoms with Crippen LogP contribution < -0.4 is 10.6 Å². The molecule has 2 N–H and O–H groups in total. The van der Waals surface area contributed by atoms with Crippen LogP contribution in [0.1, 0.15) is 0 Å². The third kappa shape index (κ3) is 4.79. The maximum Gasteiger partial charge on any atom is 0.125 e. The summed E-state index contributed by atoms with van der Waals surface area (Å²) in [6, 6.07) is 5.82. The largest absolute Gasteiger partial charge is 0.383 e. The highest BCUT2D eigenvalue weighted by Crippen LogP contribution is 1.97. The fraction of sp³-hybridized carbons (Fsp3) is 0.500. The summed E-state index contributed by atoms with van der Waals surface area (Å²) in [6.07, 6.45) is 1.78. The normalized spacial score (nSPS) is 10.1. The van der Waals surface area contributed by atoms with Crippen LogP contribution in [-0.2, 0) is 4.74 Å². The molecule has 0 radical (unpaired) electrons. The highest BCUT2D eigenvalue weighted by atomic mass is 16.5. The number of nitrogens with zero attached hydrogens (tertiary/aromatic N) is 1. The van der Waals surface area contributed by atoms with E-state index in [9.17, 15) is 0 Å². The summed E-state index contributed by atoms with van der Waals surface area (Å²) >= 11 is 0. The van der Waals surface area contributed by atoms with Crippen molar-refractivity contribution in [3.05, 3.63) is 24.4 Å². The molecule has 0 saturated carbocycles. The SMILES string of the molecule is COCCNCCNc1ccccn1. The predicted octanol–water partition coefficient (Wildman–Crippen LogP) is 0.729. The van der Waals surface area contributed by atoms with Gasteiger partial charge in [0.25, 0.3) is 0 Å². The van der Waals surface area contributed by atoms with Crippen molar-refractivity contribution >= 4 is 5.82 Å². The Labute approximate surface area is 84.7 Å². The predicted molar refractivity (Wildman–Crippen MR) is 57.5 cm³/mol. The first-order chi connectivity index (χ1) is 6.93. The molecule has 1 aromatic rings. The summed E-state index contributed by atoms with van der Waals surface area (Å²) < 4.78 is 4.91. The second kappa shape index (κ2) is 7.29. The molecule has 0 fully saturated rings. The Hall–Kier alpha value is -1.13. The van der Waals surface area contributed by atoms with Gasteiger partial charge in [-0.1, -0.05) is 6.07 Å². The van der Waals surface area contributed by atoms with Crippen LogP contribution in [0, 0.1) is 0 Å². The van der Waals surface area contributed by atoms with Crippen molar-refractivity contribution in [2.24, 2.45) is 0 Å². The molecule has 4 nitrogen and oxygen atoms in total. The van der Waals surface area contributed by atoms with E-state index in [2.05, 4.69) is 15.6 Å². The standard InChI is InChI=1S/C10H17N3O/c1-14-9-8-11-6-7-13-10-4-2-3-5-12-10/h2-5,11H,6-9H2,1H3,(H,12,13). The van der Waals surface area contributed by atoms with Crippen LogP contribution in [0.3, 0.4) is 0 Å². The van der Waals surface area contributed by atoms with Gasteiger partial charge in [0.1, 0.15) is 5.82 Å². The first-order valence-electron chi connectivity index (χ1n) is 4.78. The minimum Gasteiger partial charge on any atom is -0.383 e. The average molecular weight is 195 g/mol. The van der Waals surface area contributed by atoms with Gasteiger partial charge in [-0.25, -0.2) is 4.98 Å². The molecule has 1 rings (SSSR count). The Morgan fingerprint density at radius 3 is 2.93 bits per heavy atom. The molecule has 1 heterocycles. The molecule has 0 atom stereocenters. The van der Waals surface area contributed by atoms with Crippen LogP contribution in [0.4, 0.5) is 5.82 Å². The molecule has 0 unspecified atom stereocenters. The van der Waals surface area contributed by atoms with E-state index in [0.29, 0.717) is 0 Å². The van der Waals surface area contributed by atoms with Gasteiger partial charge in [-0.3, -0.25) is 0 Å². The van der Waals surface area contributed by atoms with Crippen molar-refractivity contribution in [2.45, 2.75) is 0 Å². The lowest BCUT2D eigenvalue weighted by atomic mass is 10.4. The molecule has 78 valence electrons. The molecule has 0 spiro atoms. The molecular weight excluding hydrogens is 178 g/mol. The van der Waals surface area contributed by atoms with Crippen LogP contribution >= 0.6 is 0 Å². The summed E-state index contributed by atoms with van der Waals surface area (Å²) in [4.78, 5) is 4.15. The van der Waals surface area contributed by atoms with Gasteiger partial charge in [-0.05, 0) is 12.1 Å². The fourth-order valence-corrected chi connectivity index (χ4v) is 1.05. The van der Waals surface area contributed by atoms with Crippen molar-refractivity contribution in [3.63, 3.8) is 0 Å². The Morgan fingerprint density at radius 2 is 2.21 bits per heavy atom. The molecule has 0 aliphatic heterocycles. The van der Waals surface area contributed by atoms with E-state index in [1.807, 2.05) is 18.2 Å². The van der Waals surface area contributed by atoms with Crippen molar-refractivity contribution in [1.29, 1.82) is 0 Å². The molecule has 0 amide bonds. The molecule has 14 heavy (non-hydrogen) atoms. The molecule has 0 saturated heterocycles. The van der Waals surface area contributed by atoms with Gasteiger partial charge in [0, 0.05) is 32.9 Å². The smallest absolute Gasteiger partial charge is 0.125 e. The average Bonchev–Trinajstić information content (AvgIpc) is 2.25. The molecule has 0 aliphatic carbocycles. The monoisotopic (exact) mass is 195 g/mol. The first kappa shape index (κ1) is 10.9. The van der Waals surface area contributed by atoms with E-state index in [1.165, 1.54) is 0 Å². The van der Waals surface area contributed by atoms with E-state index < -0.39 is 0 Å². The Morgan fingerprint density at radius 1 is 1.29 bits per heavy atom. The summed E-state index contributed by atoms with van der Waals surface area (Å²) in [6.45, 7) is 3.44. The number of rotatable bonds is 7. The molecule has 0 aliphatic rings. The van der Waals surface area contributed by atoms with Gasteiger partial charge < -0.3 is 15.4 Å². The zero-order valence-corrected chi connectivity index (χ0v) is 8.49. The van der Waals surface area contributed by atoms with Crippen molar-refractivity contribution in [2.75, 3.05) is 38.7 Å². The molecule has 0 bridgehead atoms. The third-order valence-corrected chi connectivity index (χ3v) is 1.76.